The monoisotopic (exact) mass is 1670 g/mol. The minimum Gasteiger partial charge on any atom is -0.394 e. The summed E-state index contributed by atoms with van der Waals surface area (Å²) in [5.74, 6) is -0.264. The van der Waals surface area contributed by atoms with Gasteiger partial charge in [-0.25, -0.2) is 0 Å². The van der Waals surface area contributed by atoms with Crippen LogP contribution in [-0.4, -0.2) is 193 Å². The van der Waals surface area contributed by atoms with Crippen molar-refractivity contribution in [3.8, 4) is 0 Å². The number of unbranched alkanes of at least 4 members (excludes halogenated alkanes) is 66. The Kier molecular flexibility index (Phi) is 72.8. The van der Waals surface area contributed by atoms with Gasteiger partial charge >= 0.3 is 0 Å². The Balaban J connectivity index is 1.27. The van der Waals surface area contributed by atoms with Gasteiger partial charge in [0.05, 0.1) is 38.6 Å². The molecule has 0 aromatic rings. The number of rotatable bonds is 84. The van der Waals surface area contributed by atoms with Crippen molar-refractivity contribution in [3.63, 3.8) is 0 Å². The molecule has 0 saturated carbocycles. The van der Waals surface area contributed by atoms with E-state index >= 15 is 0 Å². The number of allylic oxidation sites excluding steroid dienone is 3. The summed E-state index contributed by atoms with van der Waals surface area (Å²) in [4.78, 5) is 13.6. The Morgan fingerprint density at radius 3 is 0.829 bits per heavy atom. The van der Waals surface area contributed by atoms with Crippen molar-refractivity contribution in [2.24, 2.45) is 0 Å². The second-order valence-corrected chi connectivity index (χ2v) is 36.0. The van der Waals surface area contributed by atoms with Crippen LogP contribution in [0.25, 0.3) is 0 Å². The molecule has 0 radical (unpaired) electrons. The molecule has 1 amide bonds. The second-order valence-electron chi connectivity index (χ2n) is 36.0. The molecule has 3 heterocycles. The van der Waals surface area contributed by atoms with Gasteiger partial charge in [0.25, 0.3) is 0 Å². The van der Waals surface area contributed by atoms with Gasteiger partial charge in [-0.3, -0.25) is 4.79 Å². The Hall–Kier alpha value is -1.73. The molecule has 3 fully saturated rings. The third-order valence-corrected chi connectivity index (χ3v) is 25.2. The van der Waals surface area contributed by atoms with E-state index in [4.69, 9.17) is 28.4 Å². The molecule has 17 atom stereocenters. The van der Waals surface area contributed by atoms with Crippen LogP contribution in [0.5, 0.6) is 0 Å². The Morgan fingerprint density at radius 1 is 0.299 bits per heavy atom. The normalized spacial score (nSPS) is 24.4. The quantitative estimate of drug-likeness (QED) is 0.0199. The lowest BCUT2D eigenvalue weighted by Gasteiger charge is -2.48. The van der Waals surface area contributed by atoms with E-state index < -0.39 is 124 Å². The third kappa shape index (κ3) is 55.4. The van der Waals surface area contributed by atoms with E-state index in [9.17, 15) is 61.0 Å². The maximum absolute atomic E-state index is 13.6. The van der Waals surface area contributed by atoms with Crippen molar-refractivity contribution < 1.29 is 89.4 Å². The number of nitrogens with one attached hydrogen (secondary N) is 1. The summed E-state index contributed by atoms with van der Waals surface area (Å²) in [5.41, 5.74) is 0. The van der Waals surface area contributed by atoms with E-state index in [0.717, 1.165) is 44.9 Å². The zero-order valence-electron chi connectivity index (χ0n) is 75.2. The SMILES string of the molecule is CCCCCCCCCC/C=C\CCCCCCCCCCCCCCCCCCCCCCCCCCCCCCCC(=O)NC(COC1OC(CO)C(OC2OC(CO)C(OC3OC(CO)C(O)C(O)C3O)C(O)C2O)C(O)C1O)C(O)/C=C/CCCCCCCCCCCCCCCCCCCCCCCCCCCCCCC. The highest BCUT2D eigenvalue weighted by Gasteiger charge is 2.54. The minimum atomic E-state index is -1.98. The number of hydrogen-bond donors (Lipinski definition) is 12. The van der Waals surface area contributed by atoms with E-state index in [2.05, 4.69) is 31.3 Å². The fourth-order valence-electron chi connectivity index (χ4n) is 17.3. The lowest BCUT2D eigenvalue weighted by atomic mass is 9.96. The molecule has 3 rings (SSSR count). The lowest BCUT2D eigenvalue weighted by molar-refractivity contribution is -0.379. The molecule has 3 aliphatic rings. The van der Waals surface area contributed by atoms with Crippen molar-refractivity contribution in [1.29, 1.82) is 0 Å². The number of amides is 1. The third-order valence-electron chi connectivity index (χ3n) is 25.2. The van der Waals surface area contributed by atoms with Crippen molar-refractivity contribution in [3.05, 3.63) is 24.3 Å². The first kappa shape index (κ1) is 109. The van der Waals surface area contributed by atoms with Crippen LogP contribution in [-0.2, 0) is 33.2 Å². The van der Waals surface area contributed by atoms with Gasteiger partial charge < -0.3 is 89.9 Å². The van der Waals surface area contributed by atoms with Crippen molar-refractivity contribution in [1.82, 2.24) is 5.32 Å². The summed E-state index contributed by atoms with van der Waals surface area (Å²) in [6, 6.07) is -0.973. The highest BCUT2D eigenvalue weighted by atomic mass is 16.8. The van der Waals surface area contributed by atoms with Crippen LogP contribution in [0.1, 0.15) is 463 Å². The summed E-state index contributed by atoms with van der Waals surface area (Å²) in [5, 5.41) is 121. The predicted molar refractivity (Wildman–Crippen MR) is 476 cm³/mol. The maximum atomic E-state index is 13.6. The first-order chi connectivity index (χ1) is 57.3. The molecule has 0 aliphatic carbocycles. The maximum Gasteiger partial charge on any atom is 0.220 e. The fourth-order valence-corrected chi connectivity index (χ4v) is 17.3. The van der Waals surface area contributed by atoms with Gasteiger partial charge in [0.2, 0.25) is 5.91 Å². The number of carbonyl (C=O) groups is 1. The van der Waals surface area contributed by atoms with Gasteiger partial charge in [-0.05, 0) is 44.9 Å². The van der Waals surface area contributed by atoms with Crippen molar-refractivity contribution >= 4 is 5.91 Å². The fraction of sp³-hybridized carbons (Fsp3) is 0.949. The molecule has 692 valence electrons. The van der Waals surface area contributed by atoms with Gasteiger partial charge in [-0.1, -0.05) is 436 Å². The minimum absolute atomic E-state index is 0.250. The van der Waals surface area contributed by atoms with Crippen LogP contribution in [0.15, 0.2) is 24.3 Å². The number of hydrogen-bond acceptors (Lipinski definition) is 18. The number of aliphatic hydroxyl groups excluding tert-OH is 11. The predicted octanol–water partition coefficient (Wildman–Crippen LogP) is 20.8. The molecular weight excluding hydrogens is 1480 g/mol. The highest BCUT2D eigenvalue weighted by molar-refractivity contribution is 5.76. The average Bonchev–Trinajstić information content (AvgIpc) is 0.778. The summed E-state index contributed by atoms with van der Waals surface area (Å²) >= 11 is 0. The van der Waals surface area contributed by atoms with E-state index in [1.54, 1.807) is 6.08 Å². The molecule has 19 heteroatoms. The number of ether oxygens (including phenoxy) is 6. The van der Waals surface area contributed by atoms with Crippen LogP contribution in [0.3, 0.4) is 0 Å². The van der Waals surface area contributed by atoms with Gasteiger partial charge in [0.15, 0.2) is 18.9 Å². The molecule has 12 N–H and O–H groups in total. The van der Waals surface area contributed by atoms with Crippen LogP contribution in [0, 0.1) is 0 Å². The van der Waals surface area contributed by atoms with Gasteiger partial charge in [-0.15, -0.1) is 0 Å². The highest BCUT2D eigenvalue weighted by Crippen LogP contribution is 2.34. The molecule has 0 spiro atoms. The van der Waals surface area contributed by atoms with Crippen LogP contribution in [0.2, 0.25) is 0 Å². The Bertz CT molecular complexity index is 2200. The summed E-state index contributed by atoms with van der Waals surface area (Å²) in [6.45, 7) is 1.82. The molecule has 17 unspecified atom stereocenters. The standard InChI is InChI=1S/C98H187NO18/c1-3-5-7-9-11-13-15-17-19-21-23-25-27-29-31-33-35-36-37-38-39-40-41-42-43-44-46-48-50-52-54-56-58-60-62-64-66-68-70-72-74-76-86(104)99-81(82(103)75-73-71-69-67-65-63-61-59-57-55-53-51-49-47-45-34-32-30-28-26-24-22-20-18-16-14-12-10-8-6-4-2)80-112-96-92(110)89(107)94(84(78-101)114-96)117-98-93(111)90(108)95(85(79-102)115-98)116-97-91(109)88(106)87(105)83(77-100)113-97/h21,23,73,75,81-85,87-98,100-103,105-111H,3-20,22,24-72,74,76-80H2,1-2H3,(H,99,104)/b23-21-,75-73+. The van der Waals surface area contributed by atoms with Crippen LogP contribution >= 0.6 is 0 Å². The van der Waals surface area contributed by atoms with Crippen molar-refractivity contribution in [2.45, 2.75) is 568 Å². The topological polar surface area (TPSA) is 307 Å². The summed E-state index contributed by atoms with van der Waals surface area (Å²) in [6.07, 6.45) is 73.7. The van der Waals surface area contributed by atoms with Gasteiger partial charge in [0.1, 0.15) is 73.2 Å². The molecule has 19 nitrogen and oxygen atoms in total. The zero-order valence-corrected chi connectivity index (χ0v) is 75.2. The smallest absolute Gasteiger partial charge is 0.220 e. The molecule has 0 bridgehead atoms. The largest absolute Gasteiger partial charge is 0.394 e. The van der Waals surface area contributed by atoms with E-state index in [0.29, 0.717) is 6.42 Å². The number of carbonyl (C=O) groups excluding carboxylic acids is 1. The van der Waals surface area contributed by atoms with E-state index in [1.807, 2.05) is 6.08 Å². The van der Waals surface area contributed by atoms with E-state index in [-0.39, 0.29) is 18.9 Å². The van der Waals surface area contributed by atoms with Gasteiger partial charge in [-0.2, -0.15) is 0 Å². The first-order valence-corrected chi connectivity index (χ1v) is 50.1. The Labute approximate surface area is 715 Å². The lowest BCUT2D eigenvalue weighted by Crippen LogP contribution is -2.66. The number of aliphatic hydroxyl groups is 11. The summed E-state index contributed by atoms with van der Waals surface area (Å²) < 4.78 is 34.6. The molecule has 117 heavy (non-hydrogen) atoms. The van der Waals surface area contributed by atoms with Crippen molar-refractivity contribution in [2.75, 3.05) is 26.4 Å². The second kappa shape index (κ2) is 77.8. The summed E-state index contributed by atoms with van der Waals surface area (Å²) in [7, 11) is 0. The molecule has 3 saturated heterocycles. The molecule has 0 aromatic carbocycles. The van der Waals surface area contributed by atoms with Crippen LogP contribution in [0.4, 0.5) is 0 Å². The van der Waals surface area contributed by atoms with Gasteiger partial charge in [0, 0.05) is 6.42 Å². The Morgan fingerprint density at radius 2 is 0.538 bits per heavy atom. The molecule has 3 aliphatic heterocycles. The first-order valence-electron chi connectivity index (χ1n) is 50.1. The zero-order chi connectivity index (χ0) is 84.5. The molecule has 0 aromatic heterocycles. The van der Waals surface area contributed by atoms with Crippen LogP contribution < -0.4 is 5.32 Å². The molecular formula is C98H187NO18. The van der Waals surface area contributed by atoms with E-state index in [1.165, 1.54) is 392 Å². The average molecular weight is 1670 g/mol.